The molecule has 2 aromatic rings. The van der Waals surface area contributed by atoms with Crippen molar-refractivity contribution >= 4 is 12.1 Å². The van der Waals surface area contributed by atoms with E-state index in [1.807, 2.05) is 24.3 Å². The van der Waals surface area contributed by atoms with Crippen LogP contribution in [0.15, 0.2) is 47.6 Å². The maximum absolute atomic E-state index is 11.7. The van der Waals surface area contributed by atoms with Crippen LogP contribution < -0.4 is 10.2 Å². The van der Waals surface area contributed by atoms with Gasteiger partial charge in [-0.2, -0.15) is 5.10 Å². The van der Waals surface area contributed by atoms with Crippen molar-refractivity contribution < 1.29 is 19.7 Å². The molecule has 0 atom stereocenters. The van der Waals surface area contributed by atoms with Gasteiger partial charge in [-0.15, -0.1) is 0 Å². The summed E-state index contributed by atoms with van der Waals surface area (Å²) in [5.41, 5.74) is 4.12. The van der Waals surface area contributed by atoms with Gasteiger partial charge in [0.15, 0.2) is 18.1 Å². The molecule has 0 aliphatic carbocycles. The molecule has 132 valence electrons. The van der Waals surface area contributed by atoms with Crippen molar-refractivity contribution in [3.8, 4) is 17.2 Å². The number of aromatic hydroxyl groups is 2. The number of nitrogens with one attached hydrogen (secondary N) is 1. The average Bonchev–Trinajstić information content (AvgIpc) is 2.56. The van der Waals surface area contributed by atoms with Crippen molar-refractivity contribution in [3.05, 3.63) is 53.6 Å². The third-order valence-electron chi connectivity index (χ3n) is 3.49. The monoisotopic (exact) mass is 342 g/mol. The molecule has 0 heterocycles. The van der Waals surface area contributed by atoms with E-state index in [4.69, 9.17) is 4.74 Å². The highest BCUT2D eigenvalue weighted by Crippen LogP contribution is 2.24. The first kappa shape index (κ1) is 18.3. The molecule has 2 rings (SSSR count). The van der Waals surface area contributed by atoms with Gasteiger partial charge in [0, 0.05) is 0 Å². The van der Waals surface area contributed by atoms with Gasteiger partial charge in [0.25, 0.3) is 5.91 Å². The normalized spacial score (nSPS) is 11.5. The van der Waals surface area contributed by atoms with E-state index in [-0.39, 0.29) is 23.5 Å². The van der Waals surface area contributed by atoms with Crippen LogP contribution in [-0.2, 0) is 10.2 Å². The number of nitrogens with zero attached hydrogens (tertiary/aromatic N) is 1. The molecule has 0 bridgehead atoms. The van der Waals surface area contributed by atoms with Crippen molar-refractivity contribution in [1.29, 1.82) is 0 Å². The molecule has 2 aromatic carbocycles. The second kappa shape index (κ2) is 7.70. The molecule has 0 fully saturated rings. The standard InChI is InChI=1S/C19H22N2O4/c1-19(2,3)14-5-7-15(8-6-14)25-12-18(24)21-20-11-13-4-9-16(22)17(23)10-13/h4-11,22-23H,12H2,1-3H3,(H,21,24)/b20-11+. The smallest absolute Gasteiger partial charge is 0.277 e. The van der Waals surface area contributed by atoms with E-state index in [0.29, 0.717) is 11.3 Å². The molecule has 6 nitrogen and oxygen atoms in total. The van der Waals surface area contributed by atoms with Crippen LogP contribution >= 0.6 is 0 Å². The summed E-state index contributed by atoms with van der Waals surface area (Å²) >= 11 is 0. The third-order valence-corrected chi connectivity index (χ3v) is 3.49. The van der Waals surface area contributed by atoms with Crippen molar-refractivity contribution in [2.45, 2.75) is 26.2 Å². The van der Waals surface area contributed by atoms with E-state index >= 15 is 0 Å². The number of hydrazone groups is 1. The summed E-state index contributed by atoms with van der Waals surface area (Å²) in [5, 5.41) is 22.4. The molecule has 0 aliphatic rings. The van der Waals surface area contributed by atoms with Crippen LogP contribution in [0.1, 0.15) is 31.9 Å². The molecule has 0 aliphatic heterocycles. The maximum atomic E-state index is 11.7. The Bertz CT molecular complexity index is 762. The van der Waals surface area contributed by atoms with Gasteiger partial charge in [-0.05, 0) is 46.9 Å². The zero-order chi connectivity index (χ0) is 18.4. The minimum atomic E-state index is -0.404. The largest absolute Gasteiger partial charge is 0.504 e. The van der Waals surface area contributed by atoms with Crippen LogP contribution in [0.5, 0.6) is 17.2 Å². The average molecular weight is 342 g/mol. The fourth-order valence-electron chi connectivity index (χ4n) is 2.03. The maximum Gasteiger partial charge on any atom is 0.277 e. The second-order valence-corrected chi connectivity index (χ2v) is 6.60. The fraction of sp³-hybridized carbons (Fsp3) is 0.263. The number of carbonyl (C=O) groups excluding carboxylic acids is 1. The molecular weight excluding hydrogens is 320 g/mol. The van der Waals surface area contributed by atoms with Gasteiger partial charge < -0.3 is 14.9 Å². The van der Waals surface area contributed by atoms with Crippen LogP contribution in [0.25, 0.3) is 0 Å². The minimum Gasteiger partial charge on any atom is -0.504 e. The van der Waals surface area contributed by atoms with Crippen molar-refractivity contribution in [1.82, 2.24) is 5.43 Å². The Kier molecular flexibility index (Phi) is 5.64. The van der Waals surface area contributed by atoms with Crippen molar-refractivity contribution in [2.24, 2.45) is 5.10 Å². The summed E-state index contributed by atoms with van der Waals surface area (Å²) in [7, 11) is 0. The summed E-state index contributed by atoms with van der Waals surface area (Å²) in [6, 6.07) is 11.8. The van der Waals surface area contributed by atoms with E-state index < -0.39 is 5.91 Å². The Labute approximate surface area is 146 Å². The van der Waals surface area contributed by atoms with Crippen LogP contribution in [-0.4, -0.2) is 28.9 Å². The van der Waals surface area contributed by atoms with E-state index in [1.54, 1.807) is 6.07 Å². The zero-order valence-corrected chi connectivity index (χ0v) is 14.5. The SMILES string of the molecule is CC(C)(C)c1ccc(OCC(=O)N/N=C/c2ccc(O)c(O)c2)cc1. The highest BCUT2D eigenvalue weighted by atomic mass is 16.5. The number of rotatable bonds is 5. The Balaban J connectivity index is 1.82. The van der Waals surface area contributed by atoms with Gasteiger partial charge in [0.2, 0.25) is 0 Å². The Morgan fingerprint density at radius 2 is 1.80 bits per heavy atom. The predicted octanol–water partition coefficient (Wildman–Crippen LogP) is 2.92. The van der Waals surface area contributed by atoms with E-state index in [1.165, 1.54) is 23.9 Å². The zero-order valence-electron chi connectivity index (χ0n) is 14.5. The lowest BCUT2D eigenvalue weighted by molar-refractivity contribution is -0.123. The molecule has 0 unspecified atom stereocenters. The van der Waals surface area contributed by atoms with Crippen LogP contribution in [0, 0.1) is 0 Å². The Morgan fingerprint density at radius 3 is 2.40 bits per heavy atom. The lowest BCUT2D eigenvalue weighted by Gasteiger charge is -2.19. The molecule has 6 heteroatoms. The highest BCUT2D eigenvalue weighted by Gasteiger charge is 2.13. The number of phenols is 2. The van der Waals surface area contributed by atoms with Gasteiger partial charge in [-0.3, -0.25) is 4.79 Å². The second-order valence-electron chi connectivity index (χ2n) is 6.60. The summed E-state index contributed by atoms with van der Waals surface area (Å²) in [5.74, 6) is -0.265. The lowest BCUT2D eigenvalue weighted by atomic mass is 9.87. The topological polar surface area (TPSA) is 91.2 Å². The van der Waals surface area contributed by atoms with Crippen molar-refractivity contribution in [3.63, 3.8) is 0 Å². The van der Waals surface area contributed by atoms with E-state index in [0.717, 1.165) is 0 Å². The Hall–Kier alpha value is -3.02. The summed E-state index contributed by atoms with van der Waals surface area (Å²) in [6.45, 7) is 6.22. The van der Waals surface area contributed by atoms with Crippen LogP contribution in [0.3, 0.4) is 0 Å². The first-order chi connectivity index (χ1) is 11.8. The molecule has 0 spiro atoms. The number of amides is 1. The first-order valence-corrected chi connectivity index (χ1v) is 7.83. The molecule has 0 radical (unpaired) electrons. The number of benzene rings is 2. The fourth-order valence-corrected chi connectivity index (χ4v) is 2.03. The molecular formula is C19H22N2O4. The molecule has 0 saturated heterocycles. The van der Waals surface area contributed by atoms with Crippen LogP contribution in [0.4, 0.5) is 0 Å². The molecule has 0 saturated carbocycles. The number of hydrogen-bond donors (Lipinski definition) is 3. The summed E-state index contributed by atoms with van der Waals surface area (Å²) in [6.07, 6.45) is 1.36. The number of carbonyl (C=O) groups is 1. The quantitative estimate of drug-likeness (QED) is 0.443. The van der Waals surface area contributed by atoms with Gasteiger partial charge in [0.05, 0.1) is 6.21 Å². The van der Waals surface area contributed by atoms with Gasteiger partial charge in [0.1, 0.15) is 5.75 Å². The van der Waals surface area contributed by atoms with Crippen molar-refractivity contribution in [2.75, 3.05) is 6.61 Å². The molecule has 0 aromatic heterocycles. The first-order valence-electron chi connectivity index (χ1n) is 7.83. The molecule has 3 N–H and O–H groups in total. The number of phenolic OH excluding ortho intramolecular Hbond substituents is 2. The number of hydrogen-bond acceptors (Lipinski definition) is 5. The summed E-state index contributed by atoms with van der Waals surface area (Å²) in [4.78, 5) is 11.7. The van der Waals surface area contributed by atoms with E-state index in [9.17, 15) is 15.0 Å². The lowest BCUT2D eigenvalue weighted by Crippen LogP contribution is -2.24. The third kappa shape index (κ3) is 5.53. The molecule has 1 amide bonds. The number of ether oxygens (including phenoxy) is 1. The van der Waals surface area contributed by atoms with Gasteiger partial charge in [-0.25, -0.2) is 5.43 Å². The predicted molar refractivity (Wildman–Crippen MR) is 96.1 cm³/mol. The van der Waals surface area contributed by atoms with Gasteiger partial charge >= 0.3 is 0 Å². The minimum absolute atomic E-state index is 0.0628. The summed E-state index contributed by atoms with van der Waals surface area (Å²) < 4.78 is 5.41. The molecule has 25 heavy (non-hydrogen) atoms. The highest BCUT2D eigenvalue weighted by molar-refractivity contribution is 5.83. The van der Waals surface area contributed by atoms with E-state index in [2.05, 4.69) is 31.3 Å². The van der Waals surface area contributed by atoms with Crippen LogP contribution in [0.2, 0.25) is 0 Å². The van der Waals surface area contributed by atoms with Gasteiger partial charge in [-0.1, -0.05) is 32.9 Å². The Morgan fingerprint density at radius 1 is 1.12 bits per heavy atom.